The van der Waals surface area contributed by atoms with Crippen LogP contribution < -0.4 is 20.5 Å². The lowest BCUT2D eigenvalue weighted by atomic mass is 9.95. The number of primary amides is 1. The van der Waals surface area contributed by atoms with Crippen molar-refractivity contribution in [3.8, 4) is 11.5 Å². The highest BCUT2D eigenvalue weighted by Crippen LogP contribution is 2.37. The van der Waals surface area contributed by atoms with E-state index in [9.17, 15) is 9.59 Å². The van der Waals surface area contributed by atoms with Crippen molar-refractivity contribution >= 4 is 28.4 Å². The summed E-state index contributed by atoms with van der Waals surface area (Å²) < 4.78 is 13.3. The zero-order valence-electron chi connectivity index (χ0n) is 19.2. The Balaban J connectivity index is 1.61. The first-order valence-corrected chi connectivity index (χ1v) is 11.5. The number of aromatic nitrogens is 1. The van der Waals surface area contributed by atoms with Crippen molar-refractivity contribution < 1.29 is 19.1 Å². The van der Waals surface area contributed by atoms with Crippen LogP contribution in [0.2, 0.25) is 0 Å². The lowest BCUT2D eigenvalue weighted by Gasteiger charge is -2.26. The van der Waals surface area contributed by atoms with Crippen LogP contribution in [0.5, 0.6) is 11.5 Å². The minimum absolute atomic E-state index is 0.150. The van der Waals surface area contributed by atoms with E-state index >= 15 is 0 Å². The van der Waals surface area contributed by atoms with Gasteiger partial charge in [0.2, 0.25) is 5.91 Å². The monoisotopic (exact) mass is 449 g/mol. The van der Waals surface area contributed by atoms with Crippen molar-refractivity contribution in [2.45, 2.75) is 51.5 Å². The normalized spacial score (nSPS) is 14.2. The molecule has 0 radical (unpaired) electrons. The Morgan fingerprint density at radius 1 is 1.06 bits per heavy atom. The molecule has 2 aromatic carbocycles. The standard InChI is InChI=1S/C26H31N3O4/c1-17-25(26(31)28-18-8-10-20(11-9-18)33-15-14-24(27)30)22-16-21(32-2)12-13-23(22)29(17)19-6-4-3-5-7-19/h8-13,16,19H,3-7,14-15H2,1-2H3,(H2,27,30)(H,28,31). The Morgan fingerprint density at radius 2 is 1.76 bits per heavy atom. The Bertz CT molecular complexity index is 1140. The fraction of sp³-hybridized carbons (Fsp3) is 0.385. The molecule has 0 saturated heterocycles. The van der Waals surface area contributed by atoms with E-state index in [-0.39, 0.29) is 18.9 Å². The first-order chi connectivity index (χ1) is 16.0. The number of hydrogen-bond donors (Lipinski definition) is 2. The number of anilines is 1. The molecular formula is C26H31N3O4. The molecule has 0 atom stereocenters. The van der Waals surface area contributed by atoms with Crippen LogP contribution in [0, 0.1) is 6.92 Å². The third kappa shape index (κ3) is 4.97. The van der Waals surface area contributed by atoms with E-state index in [1.54, 1.807) is 31.4 Å². The van der Waals surface area contributed by atoms with E-state index in [0.29, 0.717) is 23.0 Å². The number of hydrogen-bond acceptors (Lipinski definition) is 4. The minimum Gasteiger partial charge on any atom is -0.497 e. The van der Waals surface area contributed by atoms with Crippen LogP contribution in [0.25, 0.3) is 10.9 Å². The van der Waals surface area contributed by atoms with Gasteiger partial charge in [-0.25, -0.2) is 0 Å². The summed E-state index contributed by atoms with van der Waals surface area (Å²) >= 11 is 0. The van der Waals surface area contributed by atoms with Gasteiger partial charge in [-0.3, -0.25) is 9.59 Å². The van der Waals surface area contributed by atoms with E-state index in [1.165, 1.54) is 19.3 Å². The lowest BCUT2D eigenvalue weighted by Crippen LogP contribution is -2.17. The maximum absolute atomic E-state index is 13.4. The lowest BCUT2D eigenvalue weighted by molar-refractivity contribution is -0.118. The molecule has 0 aliphatic heterocycles. The summed E-state index contributed by atoms with van der Waals surface area (Å²) in [6.07, 6.45) is 6.14. The van der Waals surface area contributed by atoms with Crippen LogP contribution in [-0.4, -0.2) is 30.1 Å². The number of carbonyl (C=O) groups excluding carboxylic acids is 2. The molecule has 7 heteroatoms. The van der Waals surface area contributed by atoms with Crippen LogP contribution >= 0.6 is 0 Å². The molecular weight excluding hydrogens is 418 g/mol. The summed E-state index contributed by atoms with van der Waals surface area (Å²) in [7, 11) is 1.64. The van der Waals surface area contributed by atoms with E-state index in [2.05, 4.69) is 16.0 Å². The maximum atomic E-state index is 13.4. The van der Waals surface area contributed by atoms with Crippen LogP contribution in [-0.2, 0) is 4.79 Å². The molecule has 1 fully saturated rings. The molecule has 1 aliphatic rings. The molecule has 0 bridgehead atoms. The Labute approximate surface area is 193 Å². The summed E-state index contributed by atoms with van der Waals surface area (Å²) in [5.41, 5.74) is 8.53. The molecule has 7 nitrogen and oxygen atoms in total. The largest absolute Gasteiger partial charge is 0.497 e. The average molecular weight is 450 g/mol. The Hall–Kier alpha value is -3.48. The molecule has 0 spiro atoms. The Kier molecular flexibility index (Phi) is 6.87. The fourth-order valence-corrected chi connectivity index (χ4v) is 4.74. The number of nitrogens with two attached hydrogens (primary N) is 1. The third-order valence-corrected chi connectivity index (χ3v) is 6.35. The second-order valence-electron chi connectivity index (χ2n) is 8.55. The van der Waals surface area contributed by atoms with E-state index in [0.717, 1.165) is 35.2 Å². The summed E-state index contributed by atoms with van der Waals surface area (Å²) in [6, 6.07) is 13.5. The number of nitrogens with one attached hydrogen (secondary N) is 1. The van der Waals surface area contributed by atoms with Gasteiger partial charge in [0.15, 0.2) is 0 Å². The average Bonchev–Trinajstić information content (AvgIpc) is 3.11. The predicted octanol–water partition coefficient (Wildman–Crippen LogP) is 4.97. The van der Waals surface area contributed by atoms with Gasteiger partial charge in [-0.1, -0.05) is 19.3 Å². The number of ether oxygens (including phenoxy) is 2. The van der Waals surface area contributed by atoms with Gasteiger partial charge >= 0.3 is 0 Å². The van der Waals surface area contributed by atoms with Crippen LogP contribution in [0.15, 0.2) is 42.5 Å². The van der Waals surface area contributed by atoms with E-state index in [1.807, 2.05) is 19.1 Å². The number of benzene rings is 2. The second-order valence-corrected chi connectivity index (χ2v) is 8.55. The molecule has 1 saturated carbocycles. The second kappa shape index (κ2) is 9.98. The van der Waals surface area contributed by atoms with Gasteiger partial charge in [-0.15, -0.1) is 0 Å². The molecule has 1 heterocycles. The number of methoxy groups -OCH3 is 1. The van der Waals surface area contributed by atoms with Crippen molar-refractivity contribution in [3.63, 3.8) is 0 Å². The van der Waals surface area contributed by atoms with E-state index in [4.69, 9.17) is 15.2 Å². The first-order valence-electron chi connectivity index (χ1n) is 11.5. The number of nitrogens with zero attached hydrogens (tertiary/aromatic N) is 1. The van der Waals surface area contributed by atoms with Crippen molar-refractivity contribution in [2.24, 2.45) is 5.73 Å². The Morgan fingerprint density at radius 3 is 2.42 bits per heavy atom. The van der Waals surface area contributed by atoms with Crippen molar-refractivity contribution in [2.75, 3.05) is 19.0 Å². The number of amides is 2. The third-order valence-electron chi connectivity index (χ3n) is 6.35. The molecule has 0 unspecified atom stereocenters. The highest BCUT2D eigenvalue weighted by atomic mass is 16.5. The molecule has 3 aromatic rings. The van der Waals surface area contributed by atoms with Gasteiger partial charge in [0, 0.05) is 28.3 Å². The summed E-state index contributed by atoms with van der Waals surface area (Å²) in [4.78, 5) is 24.3. The molecule has 1 aromatic heterocycles. The molecule has 2 amide bonds. The molecule has 174 valence electrons. The molecule has 4 rings (SSSR count). The SMILES string of the molecule is COc1ccc2c(c1)c(C(=O)Nc1ccc(OCCC(N)=O)cc1)c(C)n2C1CCCCC1. The van der Waals surface area contributed by atoms with Gasteiger partial charge < -0.3 is 25.1 Å². The minimum atomic E-state index is -0.404. The quantitative estimate of drug-likeness (QED) is 0.507. The summed E-state index contributed by atoms with van der Waals surface area (Å²) in [6.45, 7) is 2.26. The smallest absolute Gasteiger partial charge is 0.258 e. The van der Waals surface area contributed by atoms with E-state index < -0.39 is 5.91 Å². The first kappa shape index (κ1) is 22.7. The van der Waals surface area contributed by atoms with Gasteiger partial charge in [0.1, 0.15) is 11.5 Å². The van der Waals surface area contributed by atoms with Gasteiger partial charge in [0.05, 0.1) is 25.7 Å². The number of rotatable bonds is 8. The summed E-state index contributed by atoms with van der Waals surface area (Å²) in [5.74, 6) is 0.792. The fourth-order valence-electron chi connectivity index (χ4n) is 4.74. The van der Waals surface area contributed by atoms with Crippen molar-refractivity contribution in [3.05, 3.63) is 53.7 Å². The van der Waals surface area contributed by atoms with Gasteiger partial charge in [0.25, 0.3) is 5.91 Å². The zero-order chi connectivity index (χ0) is 23.4. The molecule has 33 heavy (non-hydrogen) atoms. The predicted molar refractivity (Wildman–Crippen MR) is 129 cm³/mol. The number of fused-ring (bicyclic) bond motifs is 1. The number of carbonyl (C=O) groups is 2. The van der Waals surface area contributed by atoms with Crippen LogP contribution in [0.4, 0.5) is 5.69 Å². The van der Waals surface area contributed by atoms with Gasteiger partial charge in [-0.2, -0.15) is 0 Å². The summed E-state index contributed by atoms with van der Waals surface area (Å²) in [5, 5.41) is 3.93. The van der Waals surface area contributed by atoms with Crippen LogP contribution in [0.1, 0.15) is 60.6 Å². The zero-order valence-corrected chi connectivity index (χ0v) is 19.2. The van der Waals surface area contributed by atoms with Crippen LogP contribution in [0.3, 0.4) is 0 Å². The van der Waals surface area contributed by atoms with Gasteiger partial charge in [-0.05, 0) is 62.2 Å². The topological polar surface area (TPSA) is 95.6 Å². The highest BCUT2D eigenvalue weighted by molar-refractivity contribution is 6.14. The molecule has 1 aliphatic carbocycles. The molecule has 3 N–H and O–H groups in total. The van der Waals surface area contributed by atoms with Crippen molar-refractivity contribution in [1.82, 2.24) is 4.57 Å². The highest BCUT2D eigenvalue weighted by Gasteiger charge is 2.25. The maximum Gasteiger partial charge on any atom is 0.258 e. The van der Waals surface area contributed by atoms with Crippen molar-refractivity contribution in [1.29, 1.82) is 0 Å².